The summed E-state index contributed by atoms with van der Waals surface area (Å²) in [6.07, 6.45) is -2.29. The Labute approximate surface area is 165 Å². The number of morpholine rings is 1. The number of hydrogen-bond acceptors (Lipinski definition) is 8. The predicted octanol–water partition coefficient (Wildman–Crippen LogP) is 1.78. The minimum atomic E-state index is -2.79. The van der Waals surface area contributed by atoms with E-state index in [-0.39, 0.29) is 18.5 Å². The van der Waals surface area contributed by atoms with Crippen LogP contribution in [0.4, 0.5) is 20.7 Å². The molecule has 1 fully saturated rings. The molecule has 11 heteroatoms. The van der Waals surface area contributed by atoms with Crippen LogP contribution in [0.2, 0.25) is 0 Å². The molecule has 0 amide bonds. The number of anilines is 2. The van der Waals surface area contributed by atoms with Crippen molar-refractivity contribution in [3.63, 3.8) is 0 Å². The van der Waals surface area contributed by atoms with Gasteiger partial charge in [-0.15, -0.1) is 0 Å². The van der Waals surface area contributed by atoms with E-state index in [1.807, 2.05) is 4.90 Å². The van der Waals surface area contributed by atoms with Crippen LogP contribution in [0.15, 0.2) is 24.3 Å². The van der Waals surface area contributed by atoms with Crippen molar-refractivity contribution in [2.45, 2.75) is 12.8 Å². The fourth-order valence-corrected chi connectivity index (χ4v) is 3.12. The Hall–Kier alpha value is -2.92. The van der Waals surface area contributed by atoms with Gasteiger partial charge in [-0.3, -0.25) is 4.57 Å². The van der Waals surface area contributed by atoms with Gasteiger partial charge in [-0.2, -0.15) is 15.0 Å². The lowest BCUT2D eigenvalue weighted by molar-refractivity contribution is 0.122. The molecular formula is C18H21F2N7O2. The Morgan fingerprint density at radius 3 is 2.59 bits per heavy atom. The molecular weight excluding hydrogens is 384 g/mol. The van der Waals surface area contributed by atoms with Crippen LogP contribution in [0, 0.1) is 0 Å². The number of aliphatic hydroxyl groups excluding tert-OH is 1. The molecule has 0 saturated carbocycles. The lowest BCUT2D eigenvalue weighted by Gasteiger charge is -2.27. The molecule has 0 radical (unpaired) electrons. The van der Waals surface area contributed by atoms with Gasteiger partial charge in [0.15, 0.2) is 5.82 Å². The molecule has 1 aromatic carbocycles. The molecule has 0 spiro atoms. The first-order chi connectivity index (χ1) is 14.2. The number of aliphatic hydroxyl groups is 1. The first-order valence-corrected chi connectivity index (χ1v) is 9.37. The molecule has 2 aromatic heterocycles. The number of nitrogens with zero attached hydrogens (tertiary/aromatic N) is 6. The zero-order valence-electron chi connectivity index (χ0n) is 15.6. The summed E-state index contributed by atoms with van der Waals surface area (Å²) in [7, 11) is 0. The second kappa shape index (κ2) is 8.62. The maximum absolute atomic E-state index is 13.7. The van der Waals surface area contributed by atoms with Gasteiger partial charge in [-0.1, -0.05) is 12.1 Å². The number of rotatable bonds is 7. The van der Waals surface area contributed by atoms with Crippen molar-refractivity contribution >= 4 is 22.9 Å². The van der Waals surface area contributed by atoms with Crippen molar-refractivity contribution in [1.29, 1.82) is 0 Å². The maximum atomic E-state index is 13.7. The number of alkyl halides is 2. The molecule has 154 valence electrons. The molecule has 0 aliphatic carbocycles. The van der Waals surface area contributed by atoms with Crippen LogP contribution in [0.3, 0.4) is 0 Å². The van der Waals surface area contributed by atoms with Gasteiger partial charge in [0, 0.05) is 26.2 Å². The minimum absolute atomic E-state index is 0.0168. The quantitative estimate of drug-likeness (QED) is 0.574. The zero-order valence-corrected chi connectivity index (χ0v) is 15.6. The summed E-state index contributed by atoms with van der Waals surface area (Å²) in [6.45, 7) is 2.70. The van der Waals surface area contributed by atoms with Gasteiger partial charge >= 0.3 is 0 Å². The standard InChI is InChI=1S/C18H21F2N7O2/c19-14(20)15-22-12-4-1-2-5-13(12)27(15)18-24-16(21-6-3-9-28)23-17(25-18)26-7-10-29-11-8-26/h1-2,4-5,14,28H,3,6-11H2,(H,21,23,24,25). The highest BCUT2D eigenvalue weighted by Gasteiger charge is 2.24. The van der Waals surface area contributed by atoms with Crippen LogP contribution in [0.25, 0.3) is 17.0 Å². The van der Waals surface area contributed by atoms with Crippen molar-refractivity contribution in [3.8, 4) is 5.95 Å². The Balaban J connectivity index is 1.83. The summed E-state index contributed by atoms with van der Waals surface area (Å²) in [5.41, 5.74) is 0.925. The number of hydrogen-bond donors (Lipinski definition) is 2. The number of imidazole rings is 1. The topological polar surface area (TPSA) is 101 Å². The van der Waals surface area contributed by atoms with E-state index in [0.29, 0.717) is 56.3 Å². The number of para-hydroxylation sites is 2. The van der Waals surface area contributed by atoms with Gasteiger partial charge in [0.2, 0.25) is 17.8 Å². The van der Waals surface area contributed by atoms with E-state index < -0.39 is 12.2 Å². The lowest BCUT2D eigenvalue weighted by atomic mass is 10.3. The molecule has 2 N–H and O–H groups in total. The van der Waals surface area contributed by atoms with Gasteiger partial charge in [0.25, 0.3) is 6.43 Å². The highest BCUT2D eigenvalue weighted by Crippen LogP contribution is 2.27. The molecule has 0 atom stereocenters. The smallest absolute Gasteiger partial charge is 0.296 e. The highest BCUT2D eigenvalue weighted by molar-refractivity contribution is 5.77. The number of aromatic nitrogens is 5. The third kappa shape index (κ3) is 4.10. The van der Waals surface area contributed by atoms with E-state index in [1.54, 1.807) is 24.3 Å². The van der Waals surface area contributed by atoms with E-state index in [2.05, 4.69) is 25.3 Å². The fourth-order valence-electron chi connectivity index (χ4n) is 3.12. The Morgan fingerprint density at radius 2 is 1.83 bits per heavy atom. The third-order valence-corrected chi connectivity index (χ3v) is 4.51. The van der Waals surface area contributed by atoms with Gasteiger partial charge in [-0.25, -0.2) is 13.8 Å². The number of nitrogens with one attached hydrogen (secondary N) is 1. The molecule has 3 heterocycles. The van der Waals surface area contributed by atoms with Crippen molar-refractivity contribution < 1.29 is 18.6 Å². The fraction of sp³-hybridized carbons (Fsp3) is 0.444. The minimum Gasteiger partial charge on any atom is -0.396 e. The molecule has 0 unspecified atom stereocenters. The highest BCUT2D eigenvalue weighted by atomic mass is 19.3. The van der Waals surface area contributed by atoms with E-state index in [9.17, 15) is 8.78 Å². The van der Waals surface area contributed by atoms with Crippen LogP contribution in [0.1, 0.15) is 18.7 Å². The maximum Gasteiger partial charge on any atom is 0.296 e. The summed E-state index contributed by atoms with van der Waals surface area (Å²) in [5.74, 6) is 0.273. The predicted molar refractivity (Wildman–Crippen MR) is 103 cm³/mol. The summed E-state index contributed by atoms with van der Waals surface area (Å²) in [5, 5.41) is 12.0. The van der Waals surface area contributed by atoms with Crippen molar-refractivity contribution in [2.24, 2.45) is 0 Å². The SMILES string of the molecule is OCCCNc1nc(N2CCOCC2)nc(-n2c(C(F)F)nc3ccccc32)n1. The average molecular weight is 405 g/mol. The van der Waals surface area contributed by atoms with Crippen LogP contribution >= 0.6 is 0 Å². The number of halogens is 2. The molecule has 4 rings (SSSR count). The molecule has 29 heavy (non-hydrogen) atoms. The number of fused-ring (bicyclic) bond motifs is 1. The second-order valence-corrected chi connectivity index (χ2v) is 6.46. The van der Waals surface area contributed by atoms with E-state index >= 15 is 0 Å². The number of ether oxygens (including phenoxy) is 1. The van der Waals surface area contributed by atoms with Crippen molar-refractivity contribution in [3.05, 3.63) is 30.1 Å². The van der Waals surface area contributed by atoms with Crippen LogP contribution in [-0.2, 0) is 4.74 Å². The lowest BCUT2D eigenvalue weighted by Crippen LogP contribution is -2.37. The van der Waals surface area contributed by atoms with Gasteiger partial charge in [0.05, 0.1) is 24.2 Å². The van der Waals surface area contributed by atoms with E-state index in [4.69, 9.17) is 9.84 Å². The van der Waals surface area contributed by atoms with Crippen molar-refractivity contribution in [2.75, 3.05) is 49.7 Å². The van der Waals surface area contributed by atoms with E-state index in [1.165, 1.54) is 4.57 Å². The van der Waals surface area contributed by atoms with E-state index in [0.717, 1.165) is 0 Å². The Morgan fingerprint density at radius 1 is 1.07 bits per heavy atom. The molecule has 1 aliphatic heterocycles. The van der Waals surface area contributed by atoms with Crippen LogP contribution in [-0.4, -0.2) is 69.1 Å². The first kappa shape index (κ1) is 19.4. The van der Waals surface area contributed by atoms with Crippen LogP contribution < -0.4 is 10.2 Å². The summed E-state index contributed by atoms with van der Waals surface area (Å²) in [4.78, 5) is 19.2. The largest absolute Gasteiger partial charge is 0.396 e. The third-order valence-electron chi connectivity index (χ3n) is 4.51. The Kier molecular flexibility index (Phi) is 5.76. The Bertz CT molecular complexity index is 976. The summed E-state index contributed by atoms with van der Waals surface area (Å²) in [6, 6.07) is 6.86. The molecule has 1 saturated heterocycles. The average Bonchev–Trinajstić information content (AvgIpc) is 3.14. The van der Waals surface area contributed by atoms with Crippen molar-refractivity contribution in [1.82, 2.24) is 24.5 Å². The molecule has 3 aromatic rings. The van der Waals surface area contributed by atoms with Gasteiger partial charge in [-0.05, 0) is 18.6 Å². The van der Waals surface area contributed by atoms with Gasteiger partial charge < -0.3 is 20.1 Å². The normalized spacial score (nSPS) is 14.7. The first-order valence-electron chi connectivity index (χ1n) is 9.37. The summed E-state index contributed by atoms with van der Waals surface area (Å²) < 4.78 is 34.1. The second-order valence-electron chi connectivity index (χ2n) is 6.46. The number of benzene rings is 1. The van der Waals surface area contributed by atoms with Crippen LogP contribution in [0.5, 0.6) is 0 Å². The molecule has 1 aliphatic rings. The van der Waals surface area contributed by atoms with Gasteiger partial charge in [0.1, 0.15) is 0 Å². The zero-order chi connectivity index (χ0) is 20.2. The molecule has 0 bridgehead atoms. The molecule has 9 nitrogen and oxygen atoms in total. The summed E-state index contributed by atoms with van der Waals surface area (Å²) >= 11 is 0. The monoisotopic (exact) mass is 405 g/mol.